The molecule has 2 amide bonds. The fraction of sp³-hybridized carbons (Fsp3) is 0.273. The summed E-state index contributed by atoms with van der Waals surface area (Å²) in [5.41, 5.74) is 2.83. The van der Waals surface area contributed by atoms with Gasteiger partial charge in [0, 0.05) is 47.3 Å². The maximum Gasteiger partial charge on any atom is 0.229 e. The number of halogens is 1. The van der Waals surface area contributed by atoms with E-state index in [0.717, 1.165) is 22.2 Å². The lowest BCUT2D eigenvalue weighted by Crippen LogP contribution is -2.30. The second-order valence-electron chi connectivity index (χ2n) is 7.21. The molecule has 1 saturated heterocycles. The first-order chi connectivity index (χ1) is 14.0. The van der Waals surface area contributed by atoms with Crippen molar-refractivity contribution in [3.8, 4) is 5.75 Å². The van der Waals surface area contributed by atoms with Crippen molar-refractivity contribution in [2.24, 2.45) is 5.92 Å². The van der Waals surface area contributed by atoms with Crippen molar-refractivity contribution in [3.05, 3.63) is 59.2 Å². The maximum absolute atomic E-state index is 12.6. The molecule has 0 radical (unpaired) electrons. The first-order valence-corrected chi connectivity index (χ1v) is 9.89. The normalized spacial score (nSPS) is 16.4. The van der Waals surface area contributed by atoms with E-state index in [1.165, 1.54) is 0 Å². The van der Waals surface area contributed by atoms with Crippen molar-refractivity contribution < 1.29 is 14.3 Å². The highest BCUT2D eigenvalue weighted by Crippen LogP contribution is 2.25. The number of aromatic amines is 1. The number of H-pyrrole nitrogens is 1. The van der Waals surface area contributed by atoms with Crippen LogP contribution >= 0.6 is 11.6 Å². The van der Waals surface area contributed by atoms with E-state index in [-0.39, 0.29) is 24.2 Å². The molecule has 0 bridgehead atoms. The molecule has 150 valence electrons. The smallest absolute Gasteiger partial charge is 0.229 e. The lowest BCUT2D eigenvalue weighted by atomic mass is 10.1. The monoisotopic (exact) mass is 411 g/mol. The van der Waals surface area contributed by atoms with Gasteiger partial charge in [0.05, 0.1) is 13.0 Å². The van der Waals surface area contributed by atoms with Crippen LogP contribution in [0.4, 0.5) is 5.69 Å². The van der Waals surface area contributed by atoms with Crippen LogP contribution < -0.4 is 10.1 Å². The van der Waals surface area contributed by atoms with Crippen molar-refractivity contribution in [1.29, 1.82) is 0 Å². The van der Waals surface area contributed by atoms with Crippen molar-refractivity contribution in [3.63, 3.8) is 0 Å². The molecular formula is C22H22ClN3O3. The molecule has 1 unspecified atom stereocenters. The molecule has 2 N–H and O–H groups in total. The van der Waals surface area contributed by atoms with E-state index < -0.39 is 0 Å². The summed E-state index contributed by atoms with van der Waals surface area (Å²) in [6.45, 7) is 1.01. The molecule has 0 saturated carbocycles. The average Bonchev–Trinajstić information content (AvgIpc) is 3.30. The minimum Gasteiger partial charge on any atom is -0.497 e. The third-order valence-corrected chi connectivity index (χ3v) is 5.56. The fourth-order valence-corrected chi connectivity index (χ4v) is 3.87. The number of likely N-dealkylation sites (tertiary alicyclic amines) is 1. The van der Waals surface area contributed by atoms with Gasteiger partial charge < -0.3 is 19.9 Å². The second-order valence-corrected chi connectivity index (χ2v) is 7.65. The summed E-state index contributed by atoms with van der Waals surface area (Å²) in [5.74, 6) is 0.258. The van der Waals surface area contributed by atoms with Gasteiger partial charge in [0.2, 0.25) is 11.8 Å². The van der Waals surface area contributed by atoms with Gasteiger partial charge in [-0.15, -0.1) is 0 Å². The van der Waals surface area contributed by atoms with Crippen LogP contribution in [0.15, 0.2) is 48.7 Å². The summed E-state index contributed by atoms with van der Waals surface area (Å²) in [7, 11) is 1.59. The molecule has 7 heteroatoms. The zero-order chi connectivity index (χ0) is 20.4. The number of rotatable bonds is 6. The first-order valence-electron chi connectivity index (χ1n) is 9.51. The van der Waals surface area contributed by atoms with E-state index >= 15 is 0 Å². The van der Waals surface area contributed by atoms with Crippen LogP contribution in [0.5, 0.6) is 5.75 Å². The summed E-state index contributed by atoms with van der Waals surface area (Å²) in [4.78, 5) is 30.0. The molecule has 6 nitrogen and oxygen atoms in total. The third-order valence-electron chi connectivity index (χ3n) is 5.32. The number of anilines is 1. The Morgan fingerprint density at radius 1 is 1.28 bits per heavy atom. The molecule has 4 rings (SSSR count). The highest BCUT2D eigenvalue weighted by atomic mass is 35.5. The van der Waals surface area contributed by atoms with Crippen LogP contribution in [0, 0.1) is 5.92 Å². The van der Waals surface area contributed by atoms with Gasteiger partial charge >= 0.3 is 0 Å². The first kappa shape index (κ1) is 19.3. The van der Waals surface area contributed by atoms with Gasteiger partial charge in [-0.2, -0.15) is 0 Å². The Kier molecular flexibility index (Phi) is 5.45. The Hall–Kier alpha value is -2.99. The maximum atomic E-state index is 12.6. The van der Waals surface area contributed by atoms with Gasteiger partial charge in [0.1, 0.15) is 5.75 Å². The number of nitrogens with one attached hydrogen (secondary N) is 2. The van der Waals surface area contributed by atoms with Crippen LogP contribution in [0.25, 0.3) is 10.9 Å². The zero-order valence-corrected chi connectivity index (χ0v) is 16.8. The molecule has 1 fully saturated rings. The average molecular weight is 412 g/mol. The van der Waals surface area contributed by atoms with Crippen molar-refractivity contribution in [2.45, 2.75) is 12.8 Å². The van der Waals surface area contributed by atoms with Gasteiger partial charge in [-0.1, -0.05) is 11.6 Å². The minimum atomic E-state index is -0.345. The number of nitrogens with zero attached hydrogens (tertiary/aromatic N) is 1. The SMILES string of the molecule is COc1ccc(NC(=O)C2CC(=O)N(CCc3c[nH]c4ccc(Cl)cc34)C2)cc1. The summed E-state index contributed by atoms with van der Waals surface area (Å²) in [5, 5.41) is 4.64. The van der Waals surface area contributed by atoms with Gasteiger partial charge in [-0.25, -0.2) is 0 Å². The van der Waals surface area contributed by atoms with Gasteiger partial charge in [0.15, 0.2) is 0 Å². The molecule has 0 spiro atoms. The molecule has 3 aromatic rings. The third kappa shape index (κ3) is 4.22. The number of aromatic nitrogens is 1. The number of amides is 2. The number of ether oxygens (including phenoxy) is 1. The fourth-order valence-electron chi connectivity index (χ4n) is 3.70. The van der Waals surface area contributed by atoms with Crippen LogP contribution in [0.3, 0.4) is 0 Å². The Morgan fingerprint density at radius 2 is 2.07 bits per heavy atom. The van der Waals surface area contributed by atoms with E-state index in [2.05, 4.69) is 10.3 Å². The standard InChI is InChI=1S/C22H22ClN3O3/c1-29-18-5-3-17(4-6-18)25-22(28)15-10-21(27)26(13-15)9-8-14-12-24-20-7-2-16(23)11-19(14)20/h2-7,11-12,15,24H,8-10,13H2,1H3,(H,25,28). The lowest BCUT2D eigenvalue weighted by Gasteiger charge is -2.16. The summed E-state index contributed by atoms with van der Waals surface area (Å²) < 4.78 is 5.12. The van der Waals surface area contributed by atoms with E-state index in [9.17, 15) is 9.59 Å². The van der Waals surface area contributed by atoms with E-state index in [4.69, 9.17) is 16.3 Å². The van der Waals surface area contributed by atoms with Gasteiger partial charge in [0.25, 0.3) is 0 Å². The largest absolute Gasteiger partial charge is 0.497 e. The van der Waals surface area contributed by atoms with Crippen molar-refractivity contribution >= 4 is 40.0 Å². The van der Waals surface area contributed by atoms with E-state index in [1.807, 2.05) is 24.4 Å². The molecule has 1 aromatic heterocycles. The lowest BCUT2D eigenvalue weighted by molar-refractivity contribution is -0.128. The minimum absolute atomic E-state index is 0.0118. The van der Waals surface area contributed by atoms with Crippen molar-refractivity contribution in [2.75, 3.05) is 25.5 Å². The van der Waals surface area contributed by atoms with Gasteiger partial charge in [-0.3, -0.25) is 9.59 Å². The van der Waals surface area contributed by atoms with Crippen LogP contribution in [-0.4, -0.2) is 41.9 Å². The Labute approximate surface area is 173 Å². The predicted molar refractivity (Wildman–Crippen MR) is 113 cm³/mol. The number of benzene rings is 2. The number of carbonyl (C=O) groups excluding carboxylic acids is 2. The number of hydrogen-bond donors (Lipinski definition) is 2. The number of carbonyl (C=O) groups is 2. The number of fused-ring (bicyclic) bond motifs is 1. The number of hydrogen-bond acceptors (Lipinski definition) is 3. The zero-order valence-electron chi connectivity index (χ0n) is 16.1. The molecule has 2 heterocycles. The Balaban J connectivity index is 1.35. The molecular weight excluding hydrogens is 390 g/mol. The summed E-state index contributed by atoms with van der Waals surface area (Å²) >= 11 is 6.11. The van der Waals surface area contributed by atoms with E-state index in [0.29, 0.717) is 30.2 Å². The second kappa shape index (κ2) is 8.17. The molecule has 1 aliphatic rings. The van der Waals surface area contributed by atoms with E-state index in [1.54, 1.807) is 36.3 Å². The molecule has 1 atom stereocenters. The molecule has 29 heavy (non-hydrogen) atoms. The molecule has 2 aromatic carbocycles. The van der Waals surface area contributed by atoms with Crippen LogP contribution in [0.1, 0.15) is 12.0 Å². The topological polar surface area (TPSA) is 74.4 Å². The Bertz CT molecular complexity index is 1050. The quantitative estimate of drug-likeness (QED) is 0.646. The molecule has 0 aliphatic carbocycles. The highest BCUT2D eigenvalue weighted by Gasteiger charge is 2.34. The van der Waals surface area contributed by atoms with Crippen molar-refractivity contribution in [1.82, 2.24) is 9.88 Å². The summed E-state index contributed by atoms with van der Waals surface area (Å²) in [6, 6.07) is 12.9. The Morgan fingerprint density at radius 3 is 2.83 bits per heavy atom. The number of methoxy groups -OCH3 is 1. The van der Waals surface area contributed by atoms with Gasteiger partial charge in [-0.05, 0) is 54.4 Å². The predicted octanol–water partition coefficient (Wildman–Crippen LogP) is 3.86. The van der Waals surface area contributed by atoms with Crippen LogP contribution in [-0.2, 0) is 16.0 Å². The van der Waals surface area contributed by atoms with Crippen LogP contribution in [0.2, 0.25) is 5.02 Å². The summed E-state index contributed by atoms with van der Waals surface area (Å²) in [6.07, 6.45) is 2.90. The highest BCUT2D eigenvalue weighted by molar-refractivity contribution is 6.31. The molecule has 1 aliphatic heterocycles.